The molecule has 1 heterocycles. The number of nitrogens with zero attached hydrogens (tertiary/aromatic N) is 1. The highest BCUT2D eigenvalue weighted by molar-refractivity contribution is 5.96. The normalized spacial score (nSPS) is 18.4. The third kappa shape index (κ3) is 3.35. The van der Waals surface area contributed by atoms with Crippen LogP contribution in [0.4, 0.5) is 0 Å². The lowest BCUT2D eigenvalue weighted by Crippen LogP contribution is -2.43. The number of piperidine rings is 1. The molecule has 1 N–H and O–H groups in total. The molecule has 1 amide bonds. The van der Waals surface area contributed by atoms with Gasteiger partial charge in [0.1, 0.15) is 5.75 Å². The van der Waals surface area contributed by atoms with Gasteiger partial charge in [0.2, 0.25) is 0 Å². The summed E-state index contributed by atoms with van der Waals surface area (Å²) < 4.78 is 5.04. The minimum atomic E-state index is -0.250. The summed E-state index contributed by atoms with van der Waals surface area (Å²) in [7, 11) is 0. The minimum absolute atomic E-state index is 0.111. The topological polar surface area (TPSA) is 66.8 Å². The van der Waals surface area contributed by atoms with Crippen molar-refractivity contribution < 1.29 is 19.4 Å². The highest BCUT2D eigenvalue weighted by Gasteiger charge is 2.30. The molecule has 1 aliphatic rings. The van der Waals surface area contributed by atoms with E-state index in [4.69, 9.17) is 4.74 Å². The molecule has 21 heavy (non-hydrogen) atoms. The molecule has 0 spiro atoms. The maximum absolute atomic E-state index is 12.6. The number of amides is 1. The molecule has 1 unspecified atom stereocenters. The molecule has 1 aliphatic heterocycles. The first-order chi connectivity index (χ1) is 10.0. The van der Waals surface area contributed by atoms with Gasteiger partial charge in [-0.05, 0) is 38.8 Å². The first-order valence-corrected chi connectivity index (χ1v) is 7.29. The summed E-state index contributed by atoms with van der Waals surface area (Å²) in [5.41, 5.74) is 1.06. The van der Waals surface area contributed by atoms with Gasteiger partial charge in [-0.2, -0.15) is 0 Å². The SMILES string of the molecule is CCOC(=O)C1CCCN(C(=O)c2cccc(O)c2C)C1. The fourth-order valence-electron chi connectivity index (χ4n) is 2.64. The standard InChI is InChI=1S/C16H21NO4/c1-3-21-16(20)12-6-5-9-17(10-12)15(19)13-7-4-8-14(18)11(13)2/h4,7-8,12,18H,3,5-6,9-10H2,1-2H3. The number of hydrogen-bond acceptors (Lipinski definition) is 4. The number of aromatic hydroxyl groups is 1. The van der Waals surface area contributed by atoms with Gasteiger partial charge in [0.05, 0.1) is 12.5 Å². The Kier molecular flexibility index (Phi) is 4.83. The zero-order chi connectivity index (χ0) is 15.4. The summed E-state index contributed by atoms with van der Waals surface area (Å²) in [5.74, 6) is -0.514. The van der Waals surface area contributed by atoms with Crippen molar-refractivity contribution in [3.8, 4) is 5.75 Å². The van der Waals surface area contributed by atoms with Crippen LogP contribution in [0.2, 0.25) is 0 Å². The molecule has 0 aliphatic carbocycles. The van der Waals surface area contributed by atoms with Gasteiger partial charge < -0.3 is 14.7 Å². The van der Waals surface area contributed by atoms with E-state index in [0.717, 1.165) is 12.8 Å². The molecular weight excluding hydrogens is 270 g/mol. The van der Waals surface area contributed by atoms with Crippen molar-refractivity contribution >= 4 is 11.9 Å². The average Bonchev–Trinajstić information content (AvgIpc) is 2.50. The summed E-state index contributed by atoms with van der Waals surface area (Å²) in [4.78, 5) is 26.1. The summed E-state index contributed by atoms with van der Waals surface area (Å²) >= 11 is 0. The number of likely N-dealkylation sites (tertiary alicyclic amines) is 1. The molecule has 1 fully saturated rings. The number of rotatable bonds is 3. The van der Waals surface area contributed by atoms with Gasteiger partial charge in [-0.15, -0.1) is 0 Å². The third-order valence-corrected chi connectivity index (χ3v) is 3.86. The van der Waals surface area contributed by atoms with E-state index in [-0.39, 0.29) is 23.5 Å². The fraction of sp³-hybridized carbons (Fsp3) is 0.500. The van der Waals surface area contributed by atoms with E-state index in [1.807, 2.05) is 0 Å². The quantitative estimate of drug-likeness (QED) is 0.866. The number of hydrogen-bond donors (Lipinski definition) is 1. The van der Waals surface area contributed by atoms with E-state index in [0.29, 0.717) is 30.8 Å². The fourth-order valence-corrected chi connectivity index (χ4v) is 2.64. The molecule has 5 heteroatoms. The Morgan fingerprint density at radius 2 is 2.19 bits per heavy atom. The lowest BCUT2D eigenvalue weighted by atomic mass is 9.97. The highest BCUT2D eigenvalue weighted by Crippen LogP contribution is 2.24. The molecule has 0 bridgehead atoms. The predicted octanol–water partition coefficient (Wildman–Crippen LogP) is 2.12. The molecule has 1 atom stereocenters. The van der Waals surface area contributed by atoms with Crippen LogP contribution in [0.5, 0.6) is 5.75 Å². The van der Waals surface area contributed by atoms with E-state index in [9.17, 15) is 14.7 Å². The predicted molar refractivity (Wildman–Crippen MR) is 78.1 cm³/mol. The Bertz CT molecular complexity index is 541. The molecular formula is C16H21NO4. The molecule has 5 nitrogen and oxygen atoms in total. The van der Waals surface area contributed by atoms with Gasteiger partial charge in [0.25, 0.3) is 5.91 Å². The third-order valence-electron chi connectivity index (χ3n) is 3.86. The number of ether oxygens (including phenoxy) is 1. The van der Waals surface area contributed by atoms with E-state index >= 15 is 0 Å². The van der Waals surface area contributed by atoms with Gasteiger partial charge in [0, 0.05) is 24.2 Å². The lowest BCUT2D eigenvalue weighted by Gasteiger charge is -2.32. The molecule has 1 aromatic carbocycles. The Labute approximate surface area is 124 Å². The lowest BCUT2D eigenvalue weighted by molar-refractivity contribution is -0.149. The van der Waals surface area contributed by atoms with E-state index in [1.54, 1.807) is 36.9 Å². The first kappa shape index (κ1) is 15.4. The zero-order valence-corrected chi connectivity index (χ0v) is 12.5. The molecule has 114 valence electrons. The van der Waals surface area contributed by atoms with Crippen LogP contribution in [0.15, 0.2) is 18.2 Å². The second-order valence-electron chi connectivity index (χ2n) is 5.29. The van der Waals surface area contributed by atoms with E-state index < -0.39 is 0 Å². The zero-order valence-electron chi connectivity index (χ0n) is 12.5. The summed E-state index contributed by atoms with van der Waals surface area (Å²) in [5, 5.41) is 9.71. The van der Waals surface area contributed by atoms with Crippen LogP contribution < -0.4 is 0 Å². The summed E-state index contributed by atoms with van der Waals surface area (Å²) in [6.45, 7) is 4.86. The Hall–Kier alpha value is -2.04. The Morgan fingerprint density at radius 3 is 2.90 bits per heavy atom. The number of phenols is 1. The number of carbonyl (C=O) groups is 2. The monoisotopic (exact) mass is 291 g/mol. The molecule has 1 saturated heterocycles. The van der Waals surface area contributed by atoms with Crippen LogP contribution in [0, 0.1) is 12.8 Å². The number of benzene rings is 1. The van der Waals surface area contributed by atoms with Crippen LogP contribution in [0.1, 0.15) is 35.7 Å². The number of phenolic OH excluding ortho intramolecular Hbond substituents is 1. The van der Waals surface area contributed by atoms with Crippen molar-refractivity contribution in [2.24, 2.45) is 5.92 Å². The number of esters is 1. The van der Waals surface area contributed by atoms with Gasteiger partial charge in [0.15, 0.2) is 0 Å². The smallest absolute Gasteiger partial charge is 0.310 e. The van der Waals surface area contributed by atoms with Gasteiger partial charge in [-0.25, -0.2) is 0 Å². The maximum Gasteiger partial charge on any atom is 0.310 e. The number of carbonyl (C=O) groups excluding carboxylic acids is 2. The molecule has 0 aromatic heterocycles. The molecule has 1 aromatic rings. The van der Waals surface area contributed by atoms with Crippen molar-refractivity contribution in [3.63, 3.8) is 0 Å². The maximum atomic E-state index is 12.6. The van der Waals surface area contributed by atoms with Crippen molar-refractivity contribution in [1.82, 2.24) is 4.90 Å². The average molecular weight is 291 g/mol. The van der Waals surface area contributed by atoms with Crippen molar-refractivity contribution in [2.75, 3.05) is 19.7 Å². The largest absolute Gasteiger partial charge is 0.508 e. The van der Waals surface area contributed by atoms with Gasteiger partial charge in [-0.3, -0.25) is 9.59 Å². The van der Waals surface area contributed by atoms with Crippen molar-refractivity contribution in [2.45, 2.75) is 26.7 Å². The highest BCUT2D eigenvalue weighted by atomic mass is 16.5. The Balaban J connectivity index is 2.12. The van der Waals surface area contributed by atoms with Crippen LogP contribution in [-0.4, -0.2) is 41.6 Å². The van der Waals surface area contributed by atoms with Crippen LogP contribution >= 0.6 is 0 Å². The van der Waals surface area contributed by atoms with Gasteiger partial charge >= 0.3 is 5.97 Å². The first-order valence-electron chi connectivity index (χ1n) is 7.29. The molecule has 0 radical (unpaired) electrons. The summed E-state index contributed by atoms with van der Waals surface area (Å²) in [6.07, 6.45) is 1.54. The van der Waals surface area contributed by atoms with E-state index in [2.05, 4.69) is 0 Å². The second-order valence-corrected chi connectivity index (χ2v) is 5.29. The second kappa shape index (κ2) is 6.61. The van der Waals surface area contributed by atoms with Gasteiger partial charge in [-0.1, -0.05) is 6.07 Å². The van der Waals surface area contributed by atoms with E-state index in [1.165, 1.54) is 0 Å². The Morgan fingerprint density at radius 1 is 1.43 bits per heavy atom. The molecule has 0 saturated carbocycles. The van der Waals surface area contributed by atoms with Crippen molar-refractivity contribution in [1.29, 1.82) is 0 Å². The summed E-state index contributed by atoms with van der Waals surface area (Å²) in [6, 6.07) is 4.91. The molecule has 2 rings (SSSR count). The van der Waals surface area contributed by atoms with Crippen molar-refractivity contribution in [3.05, 3.63) is 29.3 Å². The minimum Gasteiger partial charge on any atom is -0.508 e. The van der Waals surface area contributed by atoms with Crippen LogP contribution in [0.3, 0.4) is 0 Å². The van der Waals surface area contributed by atoms with Crippen LogP contribution in [0.25, 0.3) is 0 Å². The van der Waals surface area contributed by atoms with Crippen LogP contribution in [-0.2, 0) is 9.53 Å².